The van der Waals surface area contributed by atoms with Gasteiger partial charge >= 0.3 is 0 Å². The summed E-state index contributed by atoms with van der Waals surface area (Å²) in [6, 6.07) is 11.3. The molecule has 1 saturated heterocycles. The Bertz CT molecular complexity index is 926. The number of carbonyl (C=O) groups is 1. The summed E-state index contributed by atoms with van der Waals surface area (Å²) in [5.41, 5.74) is 7.94. The number of methoxy groups -OCH3 is 1. The maximum Gasteiger partial charge on any atom is 0.255 e. The van der Waals surface area contributed by atoms with E-state index in [1.165, 1.54) is 0 Å². The first kappa shape index (κ1) is 17.2. The van der Waals surface area contributed by atoms with Gasteiger partial charge in [-0.05, 0) is 29.8 Å². The topological polar surface area (TPSA) is 99.2 Å². The average Bonchev–Trinajstić information content (AvgIpc) is 3.37. The second kappa shape index (κ2) is 7.16. The molecule has 8 nitrogen and oxygen atoms in total. The van der Waals surface area contributed by atoms with Gasteiger partial charge in [0.1, 0.15) is 24.2 Å². The van der Waals surface area contributed by atoms with Crippen LogP contribution in [0.25, 0.3) is 5.82 Å². The van der Waals surface area contributed by atoms with Crippen LogP contribution in [-0.2, 0) is 0 Å². The predicted octanol–water partition coefficient (Wildman–Crippen LogP) is 1.24. The predicted molar refractivity (Wildman–Crippen MR) is 98.8 cm³/mol. The highest BCUT2D eigenvalue weighted by Gasteiger charge is 2.34. The molecule has 1 amide bonds. The molecule has 1 aliphatic heterocycles. The zero-order valence-corrected chi connectivity index (χ0v) is 14.9. The number of hydrogen-bond acceptors (Lipinski definition) is 6. The van der Waals surface area contributed by atoms with Crippen molar-refractivity contribution in [3.05, 3.63) is 66.4 Å². The Morgan fingerprint density at radius 2 is 2.00 bits per heavy atom. The number of rotatable bonds is 4. The van der Waals surface area contributed by atoms with Crippen molar-refractivity contribution in [1.29, 1.82) is 0 Å². The minimum absolute atomic E-state index is 0.0707. The van der Waals surface area contributed by atoms with Crippen LogP contribution < -0.4 is 10.5 Å². The van der Waals surface area contributed by atoms with Crippen LogP contribution in [0.1, 0.15) is 21.8 Å². The Morgan fingerprint density at radius 3 is 2.70 bits per heavy atom. The van der Waals surface area contributed by atoms with Crippen LogP contribution in [0.5, 0.6) is 5.75 Å². The van der Waals surface area contributed by atoms with Crippen LogP contribution in [-0.4, -0.2) is 56.8 Å². The normalized spacial score (nSPS) is 19.3. The lowest BCUT2D eigenvalue weighted by Gasteiger charge is -2.17. The summed E-state index contributed by atoms with van der Waals surface area (Å²) in [6.07, 6.45) is 4.69. The minimum Gasteiger partial charge on any atom is -0.497 e. The molecule has 1 fully saturated rings. The second-order valence-electron chi connectivity index (χ2n) is 6.53. The summed E-state index contributed by atoms with van der Waals surface area (Å²) in [5.74, 6) is 1.45. The van der Waals surface area contributed by atoms with E-state index >= 15 is 0 Å². The van der Waals surface area contributed by atoms with Gasteiger partial charge in [0.2, 0.25) is 0 Å². The highest BCUT2D eigenvalue weighted by molar-refractivity contribution is 5.94. The van der Waals surface area contributed by atoms with Gasteiger partial charge in [0.15, 0.2) is 0 Å². The third-order valence-corrected chi connectivity index (χ3v) is 4.85. The second-order valence-corrected chi connectivity index (χ2v) is 6.53. The van der Waals surface area contributed by atoms with E-state index in [1.54, 1.807) is 47.6 Å². The highest BCUT2D eigenvalue weighted by atomic mass is 16.5. The van der Waals surface area contributed by atoms with Crippen molar-refractivity contribution in [2.75, 3.05) is 20.2 Å². The van der Waals surface area contributed by atoms with E-state index in [4.69, 9.17) is 10.5 Å². The van der Waals surface area contributed by atoms with Crippen molar-refractivity contribution in [3.8, 4) is 11.6 Å². The first-order valence-electron chi connectivity index (χ1n) is 8.65. The maximum absolute atomic E-state index is 12.9. The summed E-state index contributed by atoms with van der Waals surface area (Å²) >= 11 is 0. The Balaban J connectivity index is 1.49. The fourth-order valence-electron chi connectivity index (χ4n) is 3.39. The number of benzene rings is 1. The van der Waals surface area contributed by atoms with Crippen LogP contribution >= 0.6 is 0 Å². The zero-order valence-electron chi connectivity index (χ0n) is 14.9. The van der Waals surface area contributed by atoms with Crippen LogP contribution in [0.2, 0.25) is 0 Å². The molecule has 1 aromatic carbocycles. The molecule has 1 aliphatic rings. The van der Waals surface area contributed by atoms with Crippen molar-refractivity contribution in [1.82, 2.24) is 24.6 Å². The van der Waals surface area contributed by atoms with Gasteiger partial charge in [-0.3, -0.25) is 9.36 Å². The van der Waals surface area contributed by atoms with Gasteiger partial charge in [0, 0.05) is 31.2 Å². The number of likely N-dealkylation sites (tertiary alicyclic amines) is 1. The van der Waals surface area contributed by atoms with Crippen LogP contribution in [0.3, 0.4) is 0 Å². The smallest absolute Gasteiger partial charge is 0.255 e. The van der Waals surface area contributed by atoms with Crippen molar-refractivity contribution in [2.24, 2.45) is 5.73 Å². The molecule has 0 radical (unpaired) electrons. The number of carbonyl (C=O) groups excluding carboxylic acids is 1. The third kappa shape index (κ3) is 3.39. The molecule has 2 aromatic heterocycles. The number of amides is 1. The van der Waals surface area contributed by atoms with Crippen LogP contribution in [0.15, 0.2) is 55.2 Å². The number of ether oxygens (including phenoxy) is 1. The fraction of sp³-hybridized carbons (Fsp3) is 0.263. The number of hydrogen-bond donors (Lipinski definition) is 1. The molecule has 8 heteroatoms. The zero-order chi connectivity index (χ0) is 18.8. The lowest BCUT2D eigenvalue weighted by atomic mass is 9.95. The molecule has 0 saturated carbocycles. The summed E-state index contributed by atoms with van der Waals surface area (Å²) in [7, 11) is 1.64. The van der Waals surface area contributed by atoms with Gasteiger partial charge < -0.3 is 15.4 Å². The van der Waals surface area contributed by atoms with E-state index in [-0.39, 0.29) is 17.9 Å². The highest BCUT2D eigenvalue weighted by Crippen LogP contribution is 2.29. The van der Waals surface area contributed by atoms with E-state index < -0.39 is 0 Å². The Labute approximate surface area is 156 Å². The van der Waals surface area contributed by atoms with E-state index in [0.29, 0.717) is 24.5 Å². The Hall–Kier alpha value is -3.26. The van der Waals surface area contributed by atoms with Gasteiger partial charge in [-0.1, -0.05) is 12.1 Å². The molecule has 0 spiro atoms. The van der Waals surface area contributed by atoms with Gasteiger partial charge in [-0.15, -0.1) is 10.2 Å². The molecule has 2 N–H and O–H groups in total. The Morgan fingerprint density at radius 1 is 1.19 bits per heavy atom. The quantitative estimate of drug-likeness (QED) is 0.748. The van der Waals surface area contributed by atoms with Gasteiger partial charge in [-0.2, -0.15) is 0 Å². The third-order valence-electron chi connectivity index (χ3n) is 4.85. The largest absolute Gasteiger partial charge is 0.497 e. The fourth-order valence-corrected chi connectivity index (χ4v) is 3.39. The molecule has 27 heavy (non-hydrogen) atoms. The Kier molecular flexibility index (Phi) is 4.55. The molecule has 4 rings (SSSR count). The van der Waals surface area contributed by atoms with Crippen molar-refractivity contribution < 1.29 is 9.53 Å². The van der Waals surface area contributed by atoms with E-state index in [9.17, 15) is 4.79 Å². The number of nitrogens with two attached hydrogens (primary N) is 1. The summed E-state index contributed by atoms with van der Waals surface area (Å²) in [5, 5.41) is 7.50. The van der Waals surface area contributed by atoms with E-state index in [1.807, 2.05) is 24.3 Å². The minimum atomic E-state index is -0.120. The van der Waals surface area contributed by atoms with E-state index in [2.05, 4.69) is 15.2 Å². The standard InChI is InChI=1S/C19H20N6O2/c1-27-15-4-2-3-13(7-15)16-9-24(10-17(16)20)19(26)14-5-6-18(21-8-14)25-11-22-23-12-25/h2-8,11-12,16-17H,9-10,20H2,1H3/t16-,17+/m0/s1. The van der Waals surface area contributed by atoms with E-state index in [0.717, 1.165) is 11.3 Å². The van der Waals surface area contributed by atoms with Gasteiger partial charge in [0.05, 0.1) is 12.7 Å². The SMILES string of the molecule is COc1cccc([C@@H]2CN(C(=O)c3ccc(-n4cnnc4)nc3)C[C@H]2N)c1. The van der Waals surface area contributed by atoms with Gasteiger partial charge in [0.25, 0.3) is 5.91 Å². The monoisotopic (exact) mass is 364 g/mol. The summed E-state index contributed by atoms with van der Waals surface area (Å²) < 4.78 is 6.97. The van der Waals surface area contributed by atoms with Crippen LogP contribution in [0.4, 0.5) is 0 Å². The summed E-state index contributed by atoms with van der Waals surface area (Å²) in [6.45, 7) is 1.08. The molecule has 0 aliphatic carbocycles. The molecule has 0 bridgehead atoms. The van der Waals surface area contributed by atoms with Gasteiger partial charge in [-0.25, -0.2) is 4.98 Å². The van der Waals surface area contributed by atoms with Crippen molar-refractivity contribution >= 4 is 5.91 Å². The number of aromatic nitrogens is 4. The molecular weight excluding hydrogens is 344 g/mol. The molecular formula is C19H20N6O2. The maximum atomic E-state index is 12.9. The first-order valence-corrected chi connectivity index (χ1v) is 8.65. The molecule has 0 unspecified atom stereocenters. The van der Waals surface area contributed by atoms with Crippen molar-refractivity contribution in [2.45, 2.75) is 12.0 Å². The van der Waals surface area contributed by atoms with Crippen LogP contribution in [0, 0.1) is 0 Å². The number of nitrogens with zero attached hydrogens (tertiary/aromatic N) is 5. The molecule has 138 valence electrons. The molecule has 3 heterocycles. The average molecular weight is 364 g/mol. The molecule has 2 atom stereocenters. The number of pyridine rings is 1. The first-order chi connectivity index (χ1) is 13.2. The lowest BCUT2D eigenvalue weighted by molar-refractivity contribution is 0.0788. The summed E-state index contributed by atoms with van der Waals surface area (Å²) in [4.78, 5) is 19.0. The molecule has 3 aromatic rings. The lowest BCUT2D eigenvalue weighted by Crippen LogP contribution is -2.32. The van der Waals surface area contributed by atoms with Crippen molar-refractivity contribution in [3.63, 3.8) is 0 Å².